The summed E-state index contributed by atoms with van der Waals surface area (Å²) < 4.78 is 0. The fraction of sp³-hybridized carbons (Fsp3) is 0.154. The number of nitriles is 2. The first-order valence-corrected chi connectivity index (χ1v) is 5.49. The summed E-state index contributed by atoms with van der Waals surface area (Å²) >= 11 is 5.93. The highest BCUT2D eigenvalue weighted by Crippen LogP contribution is 2.17. The van der Waals surface area contributed by atoms with E-state index in [0.29, 0.717) is 10.7 Å². The van der Waals surface area contributed by atoms with Crippen molar-refractivity contribution in [3.63, 3.8) is 0 Å². The van der Waals surface area contributed by atoms with Crippen molar-refractivity contribution in [3.8, 4) is 12.1 Å². The van der Waals surface area contributed by atoms with Gasteiger partial charge in [0.15, 0.2) is 5.70 Å². The minimum atomic E-state index is -0.192. The molecule has 0 aliphatic carbocycles. The number of benzene rings is 1. The quantitative estimate of drug-likeness (QED) is 0.654. The number of rotatable bonds is 2. The van der Waals surface area contributed by atoms with Gasteiger partial charge >= 0.3 is 0 Å². The summed E-state index contributed by atoms with van der Waals surface area (Å²) in [4.78, 5) is 4.05. The highest BCUT2D eigenvalue weighted by Gasteiger charge is 2.04. The topological polar surface area (TPSA) is 86.0 Å². The van der Waals surface area contributed by atoms with Crippen molar-refractivity contribution in [2.75, 3.05) is 0 Å². The first-order chi connectivity index (χ1) is 8.49. The van der Waals surface area contributed by atoms with Crippen LogP contribution in [0.2, 0.25) is 5.02 Å². The Morgan fingerprint density at radius 2 is 2.00 bits per heavy atom. The Morgan fingerprint density at radius 1 is 1.33 bits per heavy atom. The average Bonchev–Trinajstić information content (AvgIpc) is 2.37. The van der Waals surface area contributed by atoms with Crippen molar-refractivity contribution in [1.29, 1.82) is 10.5 Å². The van der Waals surface area contributed by atoms with Crippen LogP contribution in [-0.2, 0) is 0 Å². The van der Waals surface area contributed by atoms with Crippen LogP contribution in [0.4, 0.5) is 0 Å². The zero-order valence-electron chi connectivity index (χ0n) is 10.0. The molecule has 0 amide bonds. The van der Waals surface area contributed by atoms with E-state index < -0.39 is 0 Å². The molecule has 90 valence electrons. The van der Waals surface area contributed by atoms with E-state index in [2.05, 4.69) is 4.99 Å². The van der Waals surface area contributed by atoms with Crippen molar-refractivity contribution in [2.24, 2.45) is 10.7 Å². The lowest BCUT2D eigenvalue weighted by Crippen LogP contribution is -2.01. The number of nitrogens with zero attached hydrogens (tertiary/aromatic N) is 3. The first-order valence-electron chi connectivity index (χ1n) is 5.11. The van der Waals surface area contributed by atoms with E-state index in [4.69, 9.17) is 27.9 Å². The van der Waals surface area contributed by atoms with Gasteiger partial charge in [-0.1, -0.05) is 17.7 Å². The molecular formula is C13H11ClN4. The van der Waals surface area contributed by atoms with Crippen molar-refractivity contribution >= 4 is 17.3 Å². The van der Waals surface area contributed by atoms with Crippen LogP contribution in [-0.4, -0.2) is 5.71 Å². The molecular weight excluding hydrogens is 248 g/mol. The standard InChI is InChI=1S/C13H11ClN4/c1-8-5-10(3-4-11(8)14)9(2)18-13(7-16)12(17)6-15/h3-5H,17H2,1-2H3/b13-12-,18-9?. The average molecular weight is 259 g/mol. The van der Waals surface area contributed by atoms with Gasteiger partial charge in [0.05, 0.1) is 0 Å². The number of halogens is 1. The van der Waals surface area contributed by atoms with E-state index in [-0.39, 0.29) is 11.4 Å². The van der Waals surface area contributed by atoms with E-state index >= 15 is 0 Å². The summed E-state index contributed by atoms with van der Waals surface area (Å²) in [6, 6.07) is 8.91. The largest absolute Gasteiger partial charge is 0.388 e. The minimum Gasteiger partial charge on any atom is -0.388 e. The summed E-state index contributed by atoms with van der Waals surface area (Å²) in [7, 11) is 0. The van der Waals surface area contributed by atoms with Crippen LogP contribution in [0.15, 0.2) is 34.6 Å². The molecule has 0 radical (unpaired) electrons. The zero-order chi connectivity index (χ0) is 13.7. The van der Waals surface area contributed by atoms with Gasteiger partial charge in [0.2, 0.25) is 0 Å². The normalized spacial score (nSPS) is 12.4. The number of aliphatic imine (C=N–C) groups is 1. The van der Waals surface area contributed by atoms with Crippen LogP contribution in [0.3, 0.4) is 0 Å². The van der Waals surface area contributed by atoms with Gasteiger partial charge in [-0.3, -0.25) is 0 Å². The van der Waals surface area contributed by atoms with Crippen LogP contribution < -0.4 is 5.73 Å². The van der Waals surface area contributed by atoms with Crippen LogP contribution >= 0.6 is 11.6 Å². The van der Waals surface area contributed by atoms with Crippen molar-refractivity contribution in [1.82, 2.24) is 0 Å². The Hall–Kier alpha value is -2.30. The molecule has 0 bridgehead atoms. The highest BCUT2D eigenvalue weighted by molar-refractivity contribution is 6.31. The molecule has 18 heavy (non-hydrogen) atoms. The summed E-state index contributed by atoms with van der Waals surface area (Å²) in [6.07, 6.45) is 0. The molecule has 0 saturated heterocycles. The third-order valence-corrected chi connectivity index (χ3v) is 2.76. The minimum absolute atomic E-state index is 0.0809. The first kappa shape index (κ1) is 13.8. The second kappa shape index (κ2) is 5.86. The molecule has 0 aromatic heterocycles. The molecule has 0 unspecified atom stereocenters. The second-order valence-corrected chi connectivity index (χ2v) is 4.05. The van der Waals surface area contributed by atoms with Gasteiger partial charge < -0.3 is 5.73 Å². The second-order valence-electron chi connectivity index (χ2n) is 3.65. The lowest BCUT2D eigenvalue weighted by Gasteiger charge is -2.03. The van der Waals surface area contributed by atoms with Gasteiger partial charge in [0.25, 0.3) is 0 Å². The number of hydrogen-bond acceptors (Lipinski definition) is 4. The molecule has 4 nitrogen and oxygen atoms in total. The summed E-state index contributed by atoms with van der Waals surface area (Å²) in [6.45, 7) is 3.62. The maximum Gasteiger partial charge on any atom is 0.174 e. The SMILES string of the molecule is CC(=N/C(C#N)=C(\N)C#N)c1ccc(Cl)c(C)c1. The Balaban J connectivity index is 3.23. The number of nitrogens with two attached hydrogens (primary N) is 1. The molecule has 5 heteroatoms. The van der Waals surface area contributed by atoms with Crippen molar-refractivity contribution in [2.45, 2.75) is 13.8 Å². The van der Waals surface area contributed by atoms with Crippen molar-refractivity contribution in [3.05, 3.63) is 45.7 Å². The van der Waals surface area contributed by atoms with E-state index in [9.17, 15) is 0 Å². The smallest absolute Gasteiger partial charge is 0.174 e. The molecule has 0 aliphatic rings. The van der Waals surface area contributed by atoms with E-state index in [1.807, 2.05) is 13.0 Å². The molecule has 0 atom stereocenters. The molecule has 1 aromatic carbocycles. The van der Waals surface area contributed by atoms with Gasteiger partial charge in [0, 0.05) is 10.7 Å². The fourth-order valence-electron chi connectivity index (χ4n) is 1.30. The maximum atomic E-state index is 8.85. The van der Waals surface area contributed by atoms with E-state index in [1.165, 1.54) is 0 Å². The monoisotopic (exact) mass is 258 g/mol. The molecule has 0 saturated carbocycles. The van der Waals surface area contributed by atoms with Crippen LogP contribution in [0, 0.1) is 29.6 Å². The molecule has 2 N–H and O–H groups in total. The Kier molecular flexibility index (Phi) is 4.48. The fourth-order valence-corrected chi connectivity index (χ4v) is 1.42. The molecule has 0 fully saturated rings. The van der Waals surface area contributed by atoms with Crippen LogP contribution in [0.25, 0.3) is 0 Å². The van der Waals surface area contributed by atoms with Gasteiger partial charge in [-0.2, -0.15) is 10.5 Å². The number of allylic oxidation sites excluding steroid dienone is 2. The summed E-state index contributed by atoms with van der Waals surface area (Å²) in [5, 5.41) is 18.2. The summed E-state index contributed by atoms with van der Waals surface area (Å²) in [5.74, 6) is 0. The van der Waals surface area contributed by atoms with Gasteiger partial charge in [-0.15, -0.1) is 0 Å². The summed E-state index contributed by atoms with van der Waals surface area (Å²) in [5.41, 5.74) is 7.45. The van der Waals surface area contributed by atoms with E-state index in [1.54, 1.807) is 31.2 Å². The maximum absolute atomic E-state index is 8.85. The highest BCUT2D eigenvalue weighted by atomic mass is 35.5. The molecule has 1 rings (SSSR count). The lowest BCUT2D eigenvalue weighted by molar-refractivity contribution is 1.26. The third kappa shape index (κ3) is 3.10. The Labute approximate surface area is 111 Å². The predicted octanol–water partition coefficient (Wildman–Crippen LogP) is 2.67. The molecule has 0 aliphatic heterocycles. The third-order valence-electron chi connectivity index (χ3n) is 2.34. The number of aryl methyl sites for hydroxylation is 1. The molecule has 1 aromatic rings. The van der Waals surface area contributed by atoms with Crippen LogP contribution in [0.5, 0.6) is 0 Å². The number of hydrogen-bond donors (Lipinski definition) is 1. The van der Waals surface area contributed by atoms with Gasteiger partial charge in [0.1, 0.15) is 17.8 Å². The van der Waals surface area contributed by atoms with Crippen LogP contribution in [0.1, 0.15) is 18.1 Å². The van der Waals surface area contributed by atoms with E-state index in [0.717, 1.165) is 11.1 Å². The molecule has 0 spiro atoms. The van der Waals surface area contributed by atoms with Gasteiger partial charge in [-0.25, -0.2) is 4.99 Å². The van der Waals surface area contributed by atoms with Crippen molar-refractivity contribution < 1.29 is 0 Å². The zero-order valence-corrected chi connectivity index (χ0v) is 10.8. The molecule has 0 heterocycles. The Bertz CT molecular complexity index is 615. The Morgan fingerprint density at radius 3 is 2.50 bits per heavy atom. The van der Waals surface area contributed by atoms with Gasteiger partial charge in [-0.05, 0) is 37.1 Å². The lowest BCUT2D eigenvalue weighted by atomic mass is 10.1. The predicted molar refractivity (Wildman–Crippen MR) is 70.8 cm³/mol.